The van der Waals surface area contributed by atoms with Crippen LogP contribution in [0.5, 0.6) is 5.75 Å². The van der Waals surface area contributed by atoms with Crippen molar-refractivity contribution in [1.82, 2.24) is 4.90 Å². The highest BCUT2D eigenvalue weighted by molar-refractivity contribution is 6.46. The topological polar surface area (TPSA) is 89.2 Å². The average Bonchev–Trinajstić information content (AvgIpc) is 3.45. The van der Waals surface area contributed by atoms with Gasteiger partial charge in [0.1, 0.15) is 29.1 Å². The first-order valence-corrected chi connectivity index (χ1v) is 10.1. The van der Waals surface area contributed by atoms with Crippen molar-refractivity contribution in [2.75, 3.05) is 20.3 Å². The molecule has 1 N–H and O–H groups in total. The number of furan rings is 1. The number of carbonyl (C=O) groups excluding carboxylic acids is 2. The van der Waals surface area contributed by atoms with Gasteiger partial charge in [0, 0.05) is 18.7 Å². The van der Waals surface area contributed by atoms with Crippen LogP contribution in [-0.2, 0) is 14.3 Å². The molecular formula is C22H22ClNO6. The van der Waals surface area contributed by atoms with E-state index in [4.69, 9.17) is 25.5 Å². The summed E-state index contributed by atoms with van der Waals surface area (Å²) in [4.78, 5) is 27.3. The molecule has 2 aromatic rings. The van der Waals surface area contributed by atoms with E-state index >= 15 is 0 Å². The number of Topliss-reactive ketones (excluding diaryl/α,β-unsaturated/α-hetero) is 1. The van der Waals surface area contributed by atoms with Crippen molar-refractivity contribution >= 4 is 29.1 Å². The Labute approximate surface area is 178 Å². The Balaban J connectivity index is 1.81. The van der Waals surface area contributed by atoms with Crippen molar-refractivity contribution in [3.8, 4) is 5.75 Å². The third kappa shape index (κ3) is 3.59. The number of aliphatic hydroxyl groups excluding tert-OH is 1. The van der Waals surface area contributed by atoms with Crippen LogP contribution < -0.4 is 4.74 Å². The van der Waals surface area contributed by atoms with Gasteiger partial charge >= 0.3 is 0 Å². The predicted molar refractivity (Wildman–Crippen MR) is 109 cm³/mol. The Bertz CT molecular complexity index is 1020. The number of nitrogens with zero attached hydrogens (tertiary/aromatic N) is 1. The first-order valence-electron chi connectivity index (χ1n) is 9.71. The molecule has 8 heteroatoms. The van der Waals surface area contributed by atoms with E-state index in [2.05, 4.69) is 0 Å². The molecule has 30 heavy (non-hydrogen) atoms. The number of benzene rings is 1. The van der Waals surface area contributed by atoms with Gasteiger partial charge in [0.15, 0.2) is 0 Å². The number of hydrogen-bond donors (Lipinski definition) is 1. The van der Waals surface area contributed by atoms with Gasteiger partial charge in [-0.05, 0) is 50.1 Å². The molecule has 0 aliphatic carbocycles. The second-order valence-electron chi connectivity index (χ2n) is 7.38. The van der Waals surface area contributed by atoms with E-state index < -0.39 is 17.7 Å². The van der Waals surface area contributed by atoms with Crippen molar-refractivity contribution < 1.29 is 28.6 Å². The highest BCUT2D eigenvalue weighted by Crippen LogP contribution is 2.41. The fraction of sp³-hybridized carbons (Fsp3) is 0.364. The summed E-state index contributed by atoms with van der Waals surface area (Å²) in [6.07, 6.45) is 1.56. The number of halogens is 1. The molecular weight excluding hydrogens is 410 g/mol. The number of ether oxygens (including phenoxy) is 2. The molecule has 0 spiro atoms. The van der Waals surface area contributed by atoms with E-state index in [0.29, 0.717) is 29.4 Å². The second-order valence-corrected chi connectivity index (χ2v) is 7.79. The van der Waals surface area contributed by atoms with Gasteiger partial charge in [-0.3, -0.25) is 9.59 Å². The first-order chi connectivity index (χ1) is 14.4. The summed E-state index contributed by atoms with van der Waals surface area (Å²) in [5.41, 5.74) is 0.276. The van der Waals surface area contributed by atoms with Gasteiger partial charge in [-0.25, -0.2) is 0 Å². The lowest BCUT2D eigenvalue weighted by Crippen LogP contribution is -2.36. The van der Waals surface area contributed by atoms with E-state index in [1.54, 1.807) is 31.2 Å². The quantitative estimate of drug-likeness (QED) is 0.439. The average molecular weight is 432 g/mol. The van der Waals surface area contributed by atoms with Crippen LogP contribution in [0.25, 0.3) is 5.76 Å². The molecule has 1 amide bonds. The number of ketones is 1. The van der Waals surface area contributed by atoms with E-state index in [0.717, 1.165) is 12.8 Å². The van der Waals surface area contributed by atoms with E-state index in [9.17, 15) is 14.7 Å². The minimum absolute atomic E-state index is 0.0337. The molecule has 2 fully saturated rings. The lowest BCUT2D eigenvalue weighted by Gasteiger charge is -2.25. The highest BCUT2D eigenvalue weighted by Gasteiger charge is 2.48. The maximum absolute atomic E-state index is 13.0. The number of likely N-dealkylation sites (tertiary alicyclic amines) is 1. The summed E-state index contributed by atoms with van der Waals surface area (Å²) >= 11 is 6.19. The number of aryl methyl sites for hydroxylation is 1. The molecule has 4 rings (SSSR count). The Morgan fingerprint density at radius 1 is 1.30 bits per heavy atom. The molecule has 158 valence electrons. The van der Waals surface area contributed by atoms with Crippen LogP contribution in [0.1, 0.15) is 36.0 Å². The Morgan fingerprint density at radius 3 is 2.70 bits per heavy atom. The van der Waals surface area contributed by atoms with Gasteiger partial charge in [0.2, 0.25) is 0 Å². The molecule has 2 atom stereocenters. The number of amides is 1. The van der Waals surface area contributed by atoms with Gasteiger partial charge in [-0.2, -0.15) is 0 Å². The third-order valence-corrected chi connectivity index (χ3v) is 5.72. The van der Waals surface area contributed by atoms with Crippen LogP contribution in [0.3, 0.4) is 0 Å². The number of carbonyl (C=O) groups is 2. The van der Waals surface area contributed by atoms with Crippen molar-refractivity contribution in [3.63, 3.8) is 0 Å². The fourth-order valence-corrected chi connectivity index (χ4v) is 4.20. The number of rotatable bonds is 5. The van der Waals surface area contributed by atoms with Crippen LogP contribution in [0.2, 0.25) is 5.02 Å². The Kier molecular flexibility index (Phi) is 5.58. The normalized spacial score (nSPS) is 23.4. The van der Waals surface area contributed by atoms with E-state index in [1.807, 2.05) is 0 Å². The molecule has 2 aliphatic rings. The summed E-state index contributed by atoms with van der Waals surface area (Å²) in [5, 5.41) is 11.3. The van der Waals surface area contributed by atoms with Crippen LogP contribution in [0, 0.1) is 6.92 Å². The van der Waals surface area contributed by atoms with E-state index in [-0.39, 0.29) is 29.0 Å². The SMILES string of the molecule is COc1ccc(/C(O)=C2/C(=O)C(=O)N(CC3CCCO3)C2c2ccc(C)o2)cc1Cl. The molecule has 0 saturated carbocycles. The molecule has 7 nitrogen and oxygen atoms in total. The van der Waals surface area contributed by atoms with Gasteiger partial charge in [-0.15, -0.1) is 0 Å². The number of hydrogen-bond acceptors (Lipinski definition) is 6. The summed E-state index contributed by atoms with van der Waals surface area (Å²) < 4.78 is 16.6. The Hall–Kier alpha value is -2.77. The maximum Gasteiger partial charge on any atom is 0.295 e. The standard InChI is InChI=1S/C22H22ClNO6/c1-12-5-7-17(30-12)19-18(20(25)13-6-8-16(28-2)15(23)10-13)21(26)22(27)24(19)11-14-4-3-9-29-14/h5-8,10,14,19,25H,3-4,9,11H2,1-2H3/b20-18-. The molecule has 0 bridgehead atoms. The lowest BCUT2D eigenvalue weighted by molar-refractivity contribution is -0.141. The van der Waals surface area contributed by atoms with Crippen molar-refractivity contribution in [2.45, 2.75) is 31.9 Å². The molecule has 2 saturated heterocycles. The largest absolute Gasteiger partial charge is 0.507 e. The minimum Gasteiger partial charge on any atom is -0.507 e. The van der Waals surface area contributed by atoms with Crippen LogP contribution >= 0.6 is 11.6 Å². The van der Waals surface area contributed by atoms with Crippen LogP contribution in [-0.4, -0.2) is 48.1 Å². The zero-order chi connectivity index (χ0) is 21.4. The summed E-state index contributed by atoms with van der Waals surface area (Å²) in [7, 11) is 1.48. The van der Waals surface area contributed by atoms with Gasteiger partial charge in [-0.1, -0.05) is 11.6 Å². The van der Waals surface area contributed by atoms with Gasteiger partial charge < -0.3 is 23.9 Å². The van der Waals surface area contributed by atoms with Crippen molar-refractivity contribution in [2.24, 2.45) is 0 Å². The highest BCUT2D eigenvalue weighted by atomic mass is 35.5. The van der Waals surface area contributed by atoms with Gasteiger partial charge in [0.25, 0.3) is 11.7 Å². The molecule has 0 radical (unpaired) electrons. The Morgan fingerprint density at radius 2 is 2.10 bits per heavy atom. The second kappa shape index (κ2) is 8.16. The summed E-state index contributed by atoms with van der Waals surface area (Å²) in [6, 6.07) is 7.29. The number of aliphatic hydroxyl groups is 1. The van der Waals surface area contributed by atoms with E-state index in [1.165, 1.54) is 18.1 Å². The van der Waals surface area contributed by atoms with Crippen molar-refractivity contribution in [3.05, 3.63) is 58.0 Å². The minimum atomic E-state index is -0.844. The fourth-order valence-electron chi connectivity index (χ4n) is 3.94. The van der Waals surface area contributed by atoms with Crippen LogP contribution in [0.15, 0.2) is 40.3 Å². The number of methoxy groups -OCH3 is 1. The molecule has 2 unspecified atom stereocenters. The van der Waals surface area contributed by atoms with Crippen molar-refractivity contribution in [1.29, 1.82) is 0 Å². The molecule has 2 aliphatic heterocycles. The predicted octanol–water partition coefficient (Wildman–Crippen LogP) is 3.85. The molecule has 3 heterocycles. The smallest absolute Gasteiger partial charge is 0.295 e. The molecule has 1 aromatic carbocycles. The maximum atomic E-state index is 13.0. The summed E-state index contributed by atoms with van der Waals surface area (Å²) in [5.74, 6) is -0.287. The zero-order valence-corrected chi connectivity index (χ0v) is 17.4. The first kappa shape index (κ1) is 20.5. The third-order valence-electron chi connectivity index (χ3n) is 5.42. The zero-order valence-electron chi connectivity index (χ0n) is 16.7. The lowest BCUT2D eigenvalue weighted by atomic mass is 9.99. The summed E-state index contributed by atoms with van der Waals surface area (Å²) in [6.45, 7) is 2.65. The van der Waals surface area contributed by atoms with Crippen LogP contribution in [0.4, 0.5) is 0 Å². The van der Waals surface area contributed by atoms with Gasteiger partial charge in [0.05, 0.1) is 23.8 Å². The molecule has 1 aromatic heterocycles. The monoisotopic (exact) mass is 431 g/mol.